The van der Waals surface area contributed by atoms with Crippen LogP contribution in [0, 0.1) is 12.7 Å². The number of rotatable bonds is 3. The maximum Gasteiger partial charge on any atom is 0.126 e. The zero-order valence-corrected chi connectivity index (χ0v) is 11.5. The first-order chi connectivity index (χ1) is 8.58. The van der Waals surface area contributed by atoms with E-state index in [0.717, 1.165) is 11.1 Å². The van der Waals surface area contributed by atoms with Crippen LogP contribution < -0.4 is 0 Å². The summed E-state index contributed by atoms with van der Waals surface area (Å²) >= 11 is 12.4. The average molecular weight is 283 g/mol. The summed E-state index contributed by atoms with van der Waals surface area (Å²) in [4.78, 5) is 0. The van der Waals surface area contributed by atoms with Gasteiger partial charge in [0.2, 0.25) is 0 Å². The zero-order chi connectivity index (χ0) is 13.1. The summed E-state index contributed by atoms with van der Waals surface area (Å²) in [5.41, 5.74) is 2.52. The first-order valence-corrected chi connectivity index (χ1v) is 6.53. The van der Waals surface area contributed by atoms with Crippen LogP contribution in [0.3, 0.4) is 0 Å². The fraction of sp³-hybridized carbons (Fsp3) is 0.200. The number of hydrogen-bond acceptors (Lipinski definition) is 0. The summed E-state index contributed by atoms with van der Waals surface area (Å²) in [5.74, 6) is -0.208. The van der Waals surface area contributed by atoms with Gasteiger partial charge in [0.25, 0.3) is 0 Å². The molecule has 18 heavy (non-hydrogen) atoms. The molecule has 1 atom stereocenters. The Morgan fingerprint density at radius 2 is 1.89 bits per heavy atom. The van der Waals surface area contributed by atoms with E-state index < -0.39 is 0 Å². The summed E-state index contributed by atoms with van der Waals surface area (Å²) in [6, 6.07) is 12.6. The van der Waals surface area contributed by atoms with E-state index in [2.05, 4.69) is 0 Å². The molecular weight excluding hydrogens is 270 g/mol. The van der Waals surface area contributed by atoms with Crippen molar-refractivity contribution in [3.63, 3.8) is 0 Å². The molecule has 0 fully saturated rings. The highest BCUT2D eigenvalue weighted by molar-refractivity contribution is 6.31. The van der Waals surface area contributed by atoms with E-state index in [4.69, 9.17) is 23.2 Å². The number of halogens is 3. The minimum Gasteiger partial charge on any atom is -0.207 e. The van der Waals surface area contributed by atoms with Crippen LogP contribution in [0.25, 0.3) is 0 Å². The lowest BCUT2D eigenvalue weighted by Gasteiger charge is -2.12. The van der Waals surface area contributed by atoms with Gasteiger partial charge in [0.05, 0.1) is 5.38 Å². The second kappa shape index (κ2) is 5.73. The third kappa shape index (κ3) is 3.04. The van der Waals surface area contributed by atoms with E-state index >= 15 is 0 Å². The van der Waals surface area contributed by atoms with Gasteiger partial charge in [0.1, 0.15) is 5.82 Å². The molecule has 0 saturated carbocycles. The monoisotopic (exact) mass is 282 g/mol. The van der Waals surface area contributed by atoms with Gasteiger partial charge in [-0.15, -0.1) is 11.6 Å². The molecular formula is C15H13Cl2F. The zero-order valence-electron chi connectivity index (χ0n) is 9.96. The molecule has 0 amide bonds. The van der Waals surface area contributed by atoms with E-state index in [0.29, 0.717) is 17.0 Å². The van der Waals surface area contributed by atoms with Crippen molar-refractivity contribution in [3.8, 4) is 0 Å². The summed E-state index contributed by atoms with van der Waals surface area (Å²) in [6.45, 7) is 1.73. The van der Waals surface area contributed by atoms with E-state index in [1.54, 1.807) is 19.1 Å². The molecule has 0 nitrogen and oxygen atoms in total. The molecule has 0 radical (unpaired) electrons. The maximum atomic E-state index is 13.2. The van der Waals surface area contributed by atoms with Crippen LogP contribution in [0.1, 0.15) is 22.1 Å². The van der Waals surface area contributed by atoms with Crippen molar-refractivity contribution < 1.29 is 4.39 Å². The molecule has 1 unspecified atom stereocenters. The Bertz CT molecular complexity index is 552. The Labute approximate surface area is 116 Å². The minimum atomic E-state index is -0.208. The number of hydrogen-bond donors (Lipinski definition) is 0. The SMILES string of the molecule is Cc1cc(C(Cl)Cc2ccccc2Cl)ccc1F. The van der Waals surface area contributed by atoms with Crippen molar-refractivity contribution in [2.24, 2.45) is 0 Å². The third-order valence-corrected chi connectivity index (χ3v) is 3.68. The van der Waals surface area contributed by atoms with Crippen LogP contribution in [0.4, 0.5) is 4.39 Å². The first-order valence-electron chi connectivity index (χ1n) is 5.71. The van der Waals surface area contributed by atoms with Gasteiger partial charge in [0, 0.05) is 5.02 Å². The lowest BCUT2D eigenvalue weighted by molar-refractivity contribution is 0.617. The Morgan fingerprint density at radius 1 is 1.17 bits per heavy atom. The topological polar surface area (TPSA) is 0 Å². The Balaban J connectivity index is 2.19. The van der Waals surface area contributed by atoms with Crippen LogP contribution in [0.15, 0.2) is 42.5 Å². The van der Waals surface area contributed by atoms with E-state index in [1.165, 1.54) is 6.07 Å². The van der Waals surface area contributed by atoms with Crippen molar-refractivity contribution in [2.75, 3.05) is 0 Å². The summed E-state index contributed by atoms with van der Waals surface area (Å²) in [7, 11) is 0. The molecule has 0 aliphatic carbocycles. The fourth-order valence-electron chi connectivity index (χ4n) is 1.84. The lowest BCUT2D eigenvalue weighted by Crippen LogP contribution is -1.98. The largest absolute Gasteiger partial charge is 0.207 e. The van der Waals surface area contributed by atoms with Gasteiger partial charge in [-0.25, -0.2) is 4.39 Å². The lowest BCUT2D eigenvalue weighted by atomic mass is 10.0. The second-order valence-electron chi connectivity index (χ2n) is 4.27. The number of benzene rings is 2. The van der Waals surface area contributed by atoms with Crippen molar-refractivity contribution in [3.05, 3.63) is 70.0 Å². The maximum absolute atomic E-state index is 13.2. The molecule has 0 saturated heterocycles. The van der Waals surface area contributed by atoms with Gasteiger partial charge >= 0.3 is 0 Å². The predicted molar refractivity (Wildman–Crippen MR) is 74.9 cm³/mol. The van der Waals surface area contributed by atoms with Crippen molar-refractivity contribution in [2.45, 2.75) is 18.7 Å². The van der Waals surface area contributed by atoms with E-state index in [9.17, 15) is 4.39 Å². The molecule has 0 aliphatic rings. The van der Waals surface area contributed by atoms with Crippen molar-refractivity contribution in [1.29, 1.82) is 0 Å². The molecule has 2 aromatic carbocycles. The highest BCUT2D eigenvalue weighted by Gasteiger charge is 2.12. The number of alkyl halides is 1. The van der Waals surface area contributed by atoms with Crippen molar-refractivity contribution >= 4 is 23.2 Å². The Hall–Kier alpha value is -1.05. The standard InChI is InChI=1S/C15H13Cl2F/c1-10-8-12(6-7-15(10)18)14(17)9-11-4-2-3-5-13(11)16/h2-8,14H,9H2,1H3. The molecule has 0 aliphatic heterocycles. The molecule has 0 spiro atoms. The van der Waals surface area contributed by atoms with Gasteiger partial charge in [-0.3, -0.25) is 0 Å². The molecule has 2 rings (SSSR count). The van der Waals surface area contributed by atoms with E-state index in [1.807, 2.05) is 24.3 Å². The van der Waals surface area contributed by atoms with E-state index in [-0.39, 0.29) is 11.2 Å². The molecule has 0 N–H and O–H groups in total. The predicted octanol–water partition coefficient (Wildman–Crippen LogP) is 5.31. The van der Waals surface area contributed by atoms with Crippen LogP contribution in [0.2, 0.25) is 5.02 Å². The highest BCUT2D eigenvalue weighted by atomic mass is 35.5. The van der Waals surface area contributed by atoms with Gasteiger partial charge in [-0.05, 0) is 42.2 Å². The van der Waals surface area contributed by atoms with Crippen LogP contribution in [-0.4, -0.2) is 0 Å². The van der Waals surface area contributed by atoms with Crippen molar-refractivity contribution in [1.82, 2.24) is 0 Å². The molecule has 0 bridgehead atoms. The van der Waals surface area contributed by atoms with Gasteiger partial charge in [-0.1, -0.05) is 41.9 Å². The van der Waals surface area contributed by atoms with Gasteiger partial charge in [0.15, 0.2) is 0 Å². The van der Waals surface area contributed by atoms with Crippen LogP contribution >= 0.6 is 23.2 Å². The van der Waals surface area contributed by atoms with Gasteiger partial charge < -0.3 is 0 Å². The minimum absolute atomic E-state index is 0.204. The molecule has 2 aromatic rings. The highest BCUT2D eigenvalue weighted by Crippen LogP contribution is 2.29. The molecule has 0 aromatic heterocycles. The van der Waals surface area contributed by atoms with Crippen LogP contribution in [0.5, 0.6) is 0 Å². The Kier molecular flexibility index (Phi) is 4.26. The van der Waals surface area contributed by atoms with Gasteiger partial charge in [-0.2, -0.15) is 0 Å². The van der Waals surface area contributed by atoms with Crippen LogP contribution in [-0.2, 0) is 6.42 Å². The normalized spacial score (nSPS) is 12.4. The quantitative estimate of drug-likeness (QED) is 0.669. The molecule has 94 valence electrons. The smallest absolute Gasteiger partial charge is 0.126 e. The fourth-order valence-corrected chi connectivity index (χ4v) is 2.35. The summed E-state index contributed by atoms with van der Waals surface area (Å²) in [6.07, 6.45) is 0.631. The average Bonchev–Trinajstić information content (AvgIpc) is 2.35. The Morgan fingerprint density at radius 3 is 2.56 bits per heavy atom. The molecule has 0 heterocycles. The molecule has 3 heteroatoms. The number of aryl methyl sites for hydroxylation is 1. The second-order valence-corrected chi connectivity index (χ2v) is 5.21. The first kappa shape index (κ1) is 13.4. The summed E-state index contributed by atoms with van der Waals surface area (Å²) in [5, 5.41) is 0.506. The summed E-state index contributed by atoms with van der Waals surface area (Å²) < 4.78 is 13.2. The third-order valence-electron chi connectivity index (χ3n) is 2.90.